The van der Waals surface area contributed by atoms with E-state index in [1.165, 1.54) is 0 Å². The second-order valence-corrected chi connectivity index (χ2v) is 4.50. The standard InChI is InChI=1S/C7H4N2O9S/c10-7(11)3-1-4(8(12)13)6(19(16,17)18)5(2-3)9(14)15/h1-2H,(H,10,11)(H,16,17,18). The Hall–Kier alpha value is -2.60. The molecule has 0 fully saturated rings. The fourth-order valence-electron chi connectivity index (χ4n) is 1.26. The van der Waals surface area contributed by atoms with Gasteiger partial charge in [0.2, 0.25) is 4.90 Å². The SMILES string of the molecule is O=C(O)c1cc([N+](=O)[O-])c(S(=O)(=O)O)c([N+](=O)[O-])c1. The zero-order valence-corrected chi connectivity index (χ0v) is 9.53. The first-order valence-electron chi connectivity index (χ1n) is 4.23. The molecule has 11 nitrogen and oxygen atoms in total. The lowest BCUT2D eigenvalue weighted by molar-refractivity contribution is -0.400. The number of hydrogen-bond acceptors (Lipinski definition) is 7. The van der Waals surface area contributed by atoms with Gasteiger partial charge in [-0.2, -0.15) is 8.42 Å². The van der Waals surface area contributed by atoms with Gasteiger partial charge in [-0.15, -0.1) is 0 Å². The number of nitro benzene ring substituents is 2. The van der Waals surface area contributed by atoms with Crippen molar-refractivity contribution in [3.8, 4) is 0 Å². The lowest BCUT2D eigenvalue weighted by atomic mass is 10.2. The Morgan fingerprint density at radius 1 is 1.11 bits per heavy atom. The molecule has 0 unspecified atom stereocenters. The molecule has 19 heavy (non-hydrogen) atoms. The van der Waals surface area contributed by atoms with E-state index in [0.717, 1.165) is 0 Å². The predicted molar refractivity (Wildman–Crippen MR) is 56.5 cm³/mol. The van der Waals surface area contributed by atoms with Crippen molar-refractivity contribution in [1.29, 1.82) is 0 Å². The van der Waals surface area contributed by atoms with Gasteiger partial charge in [0.25, 0.3) is 11.4 Å². The fourth-order valence-corrected chi connectivity index (χ4v) is 2.05. The van der Waals surface area contributed by atoms with Gasteiger partial charge in [-0.1, -0.05) is 0 Å². The van der Waals surface area contributed by atoms with Crippen molar-refractivity contribution < 1.29 is 32.7 Å². The number of hydrogen-bond donors (Lipinski definition) is 2. The van der Waals surface area contributed by atoms with Crippen LogP contribution in [0.25, 0.3) is 0 Å². The number of aromatic carboxylic acids is 1. The van der Waals surface area contributed by atoms with Crippen LogP contribution in [0.3, 0.4) is 0 Å². The second-order valence-electron chi connectivity index (χ2n) is 3.14. The van der Waals surface area contributed by atoms with Crippen LogP contribution in [-0.2, 0) is 10.1 Å². The highest BCUT2D eigenvalue weighted by Gasteiger charge is 2.36. The van der Waals surface area contributed by atoms with Crippen LogP contribution < -0.4 is 0 Å². The highest BCUT2D eigenvalue weighted by Crippen LogP contribution is 2.34. The highest BCUT2D eigenvalue weighted by atomic mass is 32.2. The van der Waals surface area contributed by atoms with E-state index in [9.17, 15) is 33.4 Å². The van der Waals surface area contributed by atoms with Crippen LogP contribution in [0.4, 0.5) is 11.4 Å². The van der Waals surface area contributed by atoms with E-state index < -0.39 is 47.8 Å². The zero-order chi connectivity index (χ0) is 15.0. The highest BCUT2D eigenvalue weighted by molar-refractivity contribution is 7.86. The molecule has 1 aromatic rings. The minimum absolute atomic E-state index is 0.304. The number of carboxylic acid groups (broad SMARTS) is 1. The number of nitro groups is 2. The summed E-state index contributed by atoms with van der Waals surface area (Å²) in [7, 11) is -5.27. The van der Waals surface area contributed by atoms with Gasteiger partial charge in [0.05, 0.1) is 15.4 Å². The van der Waals surface area contributed by atoms with Gasteiger partial charge in [0.1, 0.15) is 0 Å². The summed E-state index contributed by atoms with van der Waals surface area (Å²) >= 11 is 0. The first kappa shape index (κ1) is 14.5. The average Bonchev–Trinajstić information content (AvgIpc) is 2.25. The maximum atomic E-state index is 11.0. The fraction of sp³-hybridized carbons (Fsp3) is 0. The van der Waals surface area contributed by atoms with Gasteiger partial charge in [0.15, 0.2) is 0 Å². The number of benzene rings is 1. The minimum atomic E-state index is -5.27. The minimum Gasteiger partial charge on any atom is -0.478 e. The topological polar surface area (TPSA) is 178 Å². The zero-order valence-electron chi connectivity index (χ0n) is 8.71. The molecule has 0 spiro atoms. The third-order valence-corrected chi connectivity index (χ3v) is 2.88. The summed E-state index contributed by atoms with van der Waals surface area (Å²) in [5, 5.41) is 29.9. The predicted octanol–water partition coefficient (Wildman–Crippen LogP) is 0.448. The molecule has 0 aromatic heterocycles. The Labute approximate surface area is 104 Å². The molecule has 0 heterocycles. The first-order valence-corrected chi connectivity index (χ1v) is 5.67. The number of rotatable bonds is 4. The summed E-state index contributed by atoms with van der Waals surface area (Å²) < 4.78 is 30.7. The summed E-state index contributed by atoms with van der Waals surface area (Å²) in [5.74, 6) is -1.73. The Balaban J connectivity index is 3.93. The Kier molecular flexibility index (Phi) is 3.49. The third-order valence-electron chi connectivity index (χ3n) is 1.95. The molecule has 0 aliphatic rings. The van der Waals surface area contributed by atoms with E-state index in [1.54, 1.807) is 0 Å². The van der Waals surface area contributed by atoms with Gasteiger partial charge in [-0.25, -0.2) is 4.79 Å². The van der Waals surface area contributed by atoms with Crippen LogP contribution in [-0.4, -0.2) is 33.9 Å². The van der Waals surface area contributed by atoms with Crippen molar-refractivity contribution in [3.63, 3.8) is 0 Å². The smallest absolute Gasteiger partial charge is 0.336 e. The molecule has 1 rings (SSSR count). The van der Waals surface area contributed by atoms with E-state index >= 15 is 0 Å². The lowest BCUT2D eigenvalue weighted by Gasteiger charge is -2.03. The second kappa shape index (κ2) is 4.58. The molecular formula is C7H4N2O9S. The maximum absolute atomic E-state index is 11.0. The van der Waals surface area contributed by atoms with Crippen LogP contribution in [0.1, 0.15) is 10.4 Å². The summed E-state index contributed by atoms with van der Waals surface area (Å²) in [6.07, 6.45) is 0. The van der Waals surface area contributed by atoms with Gasteiger partial charge in [-0.05, 0) is 0 Å². The molecule has 0 bridgehead atoms. The van der Waals surface area contributed by atoms with Crippen LogP contribution >= 0.6 is 0 Å². The normalized spacial score (nSPS) is 11.0. The van der Waals surface area contributed by atoms with Gasteiger partial charge < -0.3 is 5.11 Å². The molecule has 1 aromatic carbocycles. The average molecular weight is 292 g/mol. The first-order chi connectivity index (χ1) is 8.55. The molecule has 0 atom stereocenters. The summed E-state index contributed by atoms with van der Waals surface area (Å²) in [6, 6.07) is 0.608. The Morgan fingerprint density at radius 3 is 1.68 bits per heavy atom. The largest absolute Gasteiger partial charge is 0.478 e. The number of nitrogens with zero attached hydrogens (tertiary/aromatic N) is 2. The summed E-state index contributed by atoms with van der Waals surface area (Å²) in [5.41, 5.74) is -3.64. The van der Waals surface area contributed by atoms with Crippen molar-refractivity contribution in [3.05, 3.63) is 37.9 Å². The van der Waals surface area contributed by atoms with Crippen LogP contribution in [0, 0.1) is 20.2 Å². The molecule has 0 aliphatic carbocycles. The van der Waals surface area contributed by atoms with E-state index in [4.69, 9.17) is 9.66 Å². The van der Waals surface area contributed by atoms with Crippen LogP contribution in [0.2, 0.25) is 0 Å². The van der Waals surface area contributed by atoms with Crippen molar-refractivity contribution in [2.45, 2.75) is 4.90 Å². The van der Waals surface area contributed by atoms with Crippen molar-refractivity contribution in [2.75, 3.05) is 0 Å². The number of carbonyl (C=O) groups is 1. The summed E-state index contributed by atoms with van der Waals surface area (Å²) in [4.78, 5) is 27.7. The molecule has 2 N–H and O–H groups in total. The van der Waals surface area contributed by atoms with Crippen LogP contribution in [0.5, 0.6) is 0 Å². The monoisotopic (exact) mass is 292 g/mol. The maximum Gasteiger partial charge on any atom is 0.336 e. The lowest BCUT2D eigenvalue weighted by Crippen LogP contribution is -2.10. The van der Waals surface area contributed by atoms with E-state index in [-0.39, 0.29) is 0 Å². The van der Waals surface area contributed by atoms with E-state index in [1.807, 2.05) is 0 Å². The van der Waals surface area contributed by atoms with Crippen LogP contribution in [0.15, 0.2) is 17.0 Å². The van der Waals surface area contributed by atoms with Gasteiger partial charge in [0, 0.05) is 12.1 Å². The Bertz CT molecular complexity index is 658. The number of carboxylic acids is 1. The molecule has 0 saturated heterocycles. The molecule has 0 saturated carbocycles. The third kappa shape index (κ3) is 2.80. The summed E-state index contributed by atoms with van der Waals surface area (Å²) in [6.45, 7) is 0. The van der Waals surface area contributed by atoms with Crippen molar-refractivity contribution >= 4 is 27.5 Å². The molecule has 0 radical (unpaired) electrons. The van der Waals surface area contributed by atoms with Gasteiger partial charge >= 0.3 is 16.1 Å². The van der Waals surface area contributed by atoms with Crippen molar-refractivity contribution in [1.82, 2.24) is 0 Å². The van der Waals surface area contributed by atoms with Crippen molar-refractivity contribution in [2.24, 2.45) is 0 Å². The van der Waals surface area contributed by atoms with E-state index in [0.29, 0.717) is 12.1 Å². The molecule has 0 aliphatic heterocycles. The Morgan fingerprint density at radius 2 is 1.47 bits per heavy atom. The quantitative estimate of drug-likeness (QED) is 0.452. The van der Waals surface area contributed by atoms with E-state index in [2.05, 4.69) is 0 Å². The molecule has 12 heteroatoms. The molecular weight excluding hydrogens is 288 g/mol. The van der Waals surface area contributed by atoms with Gasteiger partial charge in [-0.3, -0.25) is 24.8 Å². The molecule has 102 valence electrons. The molecule has 0 amide bonds.